The summed E-state index contributed by atoms with van der Waals surface area (Å²) in [5.74, 6) is -0.189. The number of thioether (sulfide) groups is 1. The fraction of sp³-hybridized carbons (Fsp3) is 0.769. The Morgan fingerprint density at radius 1 is 1.62 bits per heavy atom. The maximum absolute atomic E-state index is 12.2. The molecule has 21 heavy (non-hydrogen) atoms. The molecule has 0 bridgehead atoms. The highest BCUT2D eigenvalue weighted by Crippen LogP contribution is 2.40. The Hall–Kier alpha value is -1.28. The number of ether oxygens (including phenoxy) is 1. The molecule has 7 nitrogen and oxygen atoms in total. The monoisotopic (exact) mass is 314 g/mol. The van der Waals surface area contributed by atoms with E-state index in [0.29, 0.717) is 24.7 Å². The Bertz CT molecular complexity index is 556. The Kier molecular flexibility index (Phi) is 5.10. The number of esters is 1. The minimum atomic E-state index is -0.610. The first-order chi connectivity index (χ1) is 10.1. The maximum atomic E-state index is 12.2. The molecule has 2 unspecified atom stereocenters. The van der Waals surface area contributed by atoms with Gasteiger partial charge in [-0.05, 0) is 40.2 Å². The third kappa shape index (κ3) is 3.16. The van der Waals surface area contributed by atoms with E-state index in [-0.39, 0.29) is 16.9 Å². The predicted molar refractivity (Wildman–Crippen MR) is 80.4 cm³/mol. The van der Waals surface area contributed by atoms with E-state index in [0.717, 1.165) is 12.8 Å². The largest absolute Gasteiger partial charge is 0.465 e. The van der Waals surface area contributed by atoms with Gasteiger partial charge < -0.3 is 10.1 Å². The number of aromatic amines is 1. The minimum Gasteiger partial charge on any atom is -0.465 e. The molecule has 0 saturated heterocycles. The minimum absolute atomic E-state index is 0.189. The van der Waals surface area contributed by atoms with Gasteiger partial charge in [-0.25, -0.2) is 9.89 Å². The van der Waals surface area contributed by atoms with Crippen LogP contribution >= 0.6 is 11.8 Å². The van der Waals surface area contributed by atoms with Crippen molar-refractivity contribution < 1.29 is 9.53 Å². The van der Waals surface area contributed by atoms with Gasteiger partial charge in [0.05, 0.1) is 6.61 Å². The molecule has 118 valence electrons. The highest BCUT2D eigenvalue weighted by Gasteiger charge is 2.46. The summed E-state index contributed by atoms with van der Waals surface area (Å²) in [7, 11) is 1.79. The summed E-state index contributed by atoms with van der Waals surface area (Å²) in [5, 5.41) is 10.6. The molecule has 2 rings (SSSR count). The van der Waals surface area contributed by atoms with E-state index in [1.54, 1.807) is 23.4 Å². The van der Waals surface area contributed by atoms with Crippen LogP contribution in [0.4, 0.5) is 0 Å². The average molecular weight is 314 g/mol. The Morgan fingerprint density at radius 2 is 2.38 bits per heavy atom. The van der Waals surface area contributed by atoms with Crippen molar-refractivity contribution in [1.82, 2.24) is 20.1 Å². The number of likely N-dealkylation sites (N-methyl/N-ethyl adjacent to an activating group) is 1. The molecule has 0 spiro atoms. The molecule has 1 saturated carbocycles. The van der Waals surface area contributed by atoms with Gasteiger partial charge in [-0.1, -0.05) is 11.8 Å². The van der Waals surface area contributed by atoms with Crippen molar-refractivity contribution in [3.63, 3.8) is 0 Å². The summed E-state index contributed by atoms with van der Waals surface area (Å²) in [5.41, 5.74) is -0.801. The zero-order valence-corrected chi connectivity index (χ0v) is 13.5. The molecule has 1 aromatic heterocycles. The van der Waals surface area contributed by atoms with Crippen LogP contribution in [0.5, 0.6) is 0 Å². The Balaban J connectivity index is 2.07. The van der Waals surface area contributed by atoms with Crippen LogP contribution in [0.2, 0.25) is 0 Å². The number of nitrogens with one attached hydrogen (secondary N) is 2. The summed E-state index contributed by atoms with van der Waals surface area (Å²) >= 11 is 1.55. The summed E-state index contributed by atoms with van der Waals surface area (Å²) in [6.07, 6.45) is 2.30. The van der Waals surface area contributed by atoms with Gasteiger partial charge in [0, 0.05) is 11.8 Å². The van der Waals surface area contributed by atoms with Crippen molar-refractivity contribution in [2.24, 2.45) is 0 Å². The third-order valence-electron chi connectivity index (χ3n) is 3.93. The van der Waals surface area contributed by atoms with Crippen LogP contribution in [-0.4, -0.2) is 45.2 Å². The van der Waals surface area contributed by atoms with Gasteiger partial charge in [-0.2, -0.15) is 0 Å². The van der Waals surface area contributed by atoms with Gasteiger partial charge in [0.2, 0.25) is 0 Å². The molecule has 0 amide bonds. The molecule has 1 heterocycles. The normalized spacial score (nSPS) is 25.2. The van der Waals surface area contributed by atoms with E-state index >= 15 is 0 Å². The summed E-state index contributed by atoms with van der Waals surface area (Å²) < 4.78 is 6.79. The lowest BCUT2D eigenvalue weighted by Gasteiger charge is -2.26. The summed E-state index contributed by atoms with van der Waals surface area (Å²) in [6.45, 7) is 4.69. The quantitative estimate of drug-likeness (QED) is 0.754. The first-order valence-electron chi connectivity index (χ1n) is 7.24. The third-order valence-corrected chi connectivity index (χ3v) is 5.18. The molecule has 1 aromatic rings. The van der Waals surface area contributed by atoms with Crippen molar-refractivity contribution in [3.05, 3.63) is 10.5 Å². The number of nitrogens with zero attached hydrogens (tertiary/aromatic N) is 2. The number of hydrogen-bond acceptors (Lipinski definition) is 6. The van der Waals surface area contributed by atoms with E-state index < -0.39 is 5.54 Å². The molecule has 0 aromatic carbocycles. The van der Waals surface area contributed by atoms with Crippen LogP contribution in [0, 0.1) is 0 Å². The molecular formula is C13H22N4O3S. The zero-order chi connectivity index (χ0) is 15.5. The number of carbonyl (C=O) groups excluding carboxylic acids is 1. The molecule has 0 aliphatic heterocycles. The smallest absolute Gasteiger partial charge is 0.343 e. The fourth-order valence-corrected chi connectivity index (χ4v) is 4.04. The van der Waals surface area contributed by atoms with Crippen LogP contribution in [0.15, 0.2) is 9.95 Å². The lowest BCUT2D eigenvalue weighted by Crippen LogP contribution is -2.49. The van der Waals surface area contributed by atoms with Crippen LogP contribution < -0.4 is 11.0 Å². The Labute approximate surface area is 127 Å². The van der Waals surface area contributed by atoms with Gasteiger partial charge in [0.15, 0.2) is 5.16 Å². The van der Waals surface area contributed by atoms with Crippen molar-refractivity contribution in [1.29, 1.82) is 0 Å². The second kappa shape index (κ2) is 6.65. The molecule has 1 aliphatic rings. The lowest BCUT2D eigenvalue weighted by atomic mass is 9.98. The molecule has 1 aliphatic carbocycles. The number of H-pyrrole nitrogens is 1. The molecular weight excluding hydrogens is 292 g/mol. The van der Waals surface area contributed by atoms with E-state index in [9.17, 15) is 9.59 Å². The van der Waals surface area contributed by atoms with E-state index in [4.69, 9.17) is 4.74 Å². The van der Waals surface area contributed by atoms with Crippen molar-refractivity contribution in [3.8, 4) is 0 Å². The second-order valence-corrected chi connectivity index (χ2v) is 6.36. The number of hydrogen-bond donors (Lipinski definition) is 2. The van der Waals surface area contributed by atoms with Gasteiger partial charge in [0.25, 0.3) is 0 Å². The highest BCUT2D eigenvalue weighted by molar-refractivity contribution is 7.99. The fourth-order valence-electron chi connectivity index (χ4n) is 2.71. The lowest BCUT2D eigenvalue weighted by molar-refractivity contribution is -0.150. The van der Waals surface area contributed by atoms with Gasteiger partial charge >= 0.3 is 11.7 Å². The van der Waals surface area contributed by atoms with Crippen LogP contribution in [0.25, 0.3) is 0 Å². The van der Waals surface area contributed by atoms with Crippen molar-refractivity contribution >= 4 is 17.7 Å². The first-order valence-corrected chi connectivity index (χ1v) is 8.12. The number of aromatic nitrogens is 3. The van der Waals surface area contributed by atoms with Gasteiger partial charge in [-0.15, -0.1) is 5.10 Å². The van der Waals surface area contributed by atoms with Gasteiger partial charge in [0.1, 0.15) is 5.54 Å². The zero-order valence-electron chi connectivity index (χ0n) is 12.6. The van der Waals surface area contributed by atoms with Crippen molar-refractivity contribution in [2.45, 2.75) is 55.6 Å². The van der Waals surface area contributed by atoms with Crippen LogP contribution in [-0.2, 0) is 16.1 Å². The molecule has 2 atom stereocenters. The van der Waals surface area contributed by atoms with E-state index in [1.165, 1.54) is 0 Å². The predicted octanol–water partition coefficient (Wildman–Crippen LogP) is 0.757. The second-order valence-electron chi connectivity index (χ2n) is 5.09. The SMILES string of the molecule is CCOC(=O)C1(NC)CCC(Sc2n[nH]c(=O)n2CC)C1. The number of rotatable bonds is 6. The van der Waals surface area contributed by atoms with Crippen molar-refractivity contribution in [2.75, 3.05) is 13.7 Å². The summed E-state index contributed by atoms with van der Waals surface area (Å²) in [4.78, 5) is 23.7. The van der Waals surface area contributed by atoms with Crippen LogP contribution in [0.3, 0.4) is 0 Å². The molecule has 0 radical (unpaired) electrons. The highest BCUT2D eigenvalue weighted by atomic mass is 32.2. The van der Waals surface area contributed by atoms with E-state index in [1.807, 2.05) is 13.8 Å². The van der Waals surface area contributed by atoms with Crippen LogP contribution in [0.1, 0.15) is 33.1 Å². The first kappa shape index (κ1) is 16.1. The van der Waals surface area contributed by atoms with E-state index in [2.05, 4.69) is 15.5 Å². The number of carbonyl (C=O) groups is 1. The Morgan fingerprint density at radius 3 is 3.00 bits per heavy atom. The molecule has 8 heteroatoms. The standard InChI is InChI=1S/C13H22N4O3S/c1-4-17-11(19)15-16-12(17)21-9-6-7-13(8-9,14-3)10(18)20-5-2/h9,14H,4-8H2,1-3H3,(H,15,19). The summed E-state index contributed by atoms with van der Waals surface area (Å²) in [6, 6.07) is 0. The molecule has 1 fully saturated rings. The van der Waals surface area contributed by atoms with Gasteiger partial charge in [-0.3, -0.25) is 9.36 Å². The maximum Gasteiger partial charge on any atom is 0.343 e. The molecule has 2 N–H and O–H groups in total. The average Bonchev–Trinajstić information content (AvgIpc) is 3.04. The topological polar surface area (TPSA) is 89.0 Å².